The van der Waals surface area contributed by atoms with Crippen LogP contribution < -0.4 is 10.6 Å². The van der Waals surface area contributed by atoms with Crippen LogP contribution in [0.25, 0.3) is 0 Å². The lowest BCUT2D eigenvalue weighted by atomic mass is 10.0. The van der Waals surface area contributed by atoms with Gasteiger partial charge in [0.1, 0.15) is 24.0 Å². The Morgan fingerprint density at radius 3 is 2.66 bits per heavy atom. The molecule has 2 aromatic rings. The summed E-state index contributed by atoms with van der Waals surface area (Å²) >= 11 is 0. The predicted octanol–water partition coefficient (Wildman–Crippen LogP) is 6.31. The molecule has 1 aromatic carbocycles. The van der Waals surface area contributed by atoms with E-state index in [1.807, 2.05) is 45.5 Å². The van der Waals surface area contributed by atoms with Gasteiger partial charge in [0.2, 0.25) is 11.8 Å². The van der Waals surface area contributed by atoms with Crippen LogP contribution in [-0.4, -0.2) is 54.1 Å². The number of alkyl halides is 1. The molecule has 11 heteroatoms. The molecule has 1 saturated carbocycles. The maximum Gasteiger partial charge on any atom is 0.240 e. The van der Waals surface area contributed by atoms with Gasteiger partial charge in [-0.05, 0) is 75.1 Å². The smallest absolute Gasteiger partial charge is 0.240 e. The van der Waals surface area contributed by atoms with E-state index in [-0.39, 0.29) is 13.0 Å². The summed E-state index contributed by atoms with van der Waals surface area (Å²) in [5.74, 6) is -1.39. The van der Waals surface area contributed by atoms with E-state index in [1.54, 1.807) is 36.5 Å². The minimum Gasteiger partial charge on any atom is -0.498 e. The van der Waals surface area contributed by atoms with Gasteiger partial charge in [-0.15, -0.1) is 0 Å². The van der Waals surface area contributed by atoms with Crippen molar-refractivity contribution in [1.82, 2.24) is 15.3 Å². The molecule has 0 aliphatic heterocycles. The van der Waals surface area contributed by atoms with Gasteiger partial charge in [-0.25, -0.2) is 8.78 Å². The molecule has 0 spiro atoms. The van der Waals surface area contributed by atoms with Gasteiger partial charge >= 0.3 is 0 Å². The van der Waals surface area contributed by atoms with Gasteiger partial charge in [0.25, 0.3) is 0 Å². The van der Waals surface area contributed by atoms with Crippen molar-refractivity contribution in [3.05, 3.63) is 90.0 Å². The van der Waals surface area contributed by atoms with Crippen LogP contribution in [0.4, 0.5) is 20.2 Å². The van der Waals surface area contributed by atoms with Gasteiger partial charge in [-0.2, -0.15) is 5.10 Å². The highest BCUT2D eigenvalue weighted by Crippen LogP contribution is 2.47. The maximum absolute atomic E-state index is 14.6. The number of halogens is 2. The van der Waals surface area contributed by atoms with Crippen LogP contribution in [0.15, 0.2) is 83.0 Å². The molecule has 1 atom stereocenters. The number of aliphatic imine (C=N–C) groups is 1. The number of nitrogens with zero attached hydrogens (tertiary/aromatic N) is 4. The minimum atomic E-state index is -1.39. The largest absolute Gasteiger partial charge is 0.498 e. The Balaban J connectivity index is 1.43. The van der Waals surface area contributed by atoms with Gasteiger partial charge in [0.05, 0.1) is 11.9 Å². The number of aryl methyl sites for hydroxylation is 1. The molecule has 2 N–H and O–H groups in total. The van der Waals surface area contributed by atoms with Crippen molar-refractivity contribution in [2.75, 3.05) is 19.0 Å². The summed E-state index contributed by atoms with van der Waals surface area (Å²) in [7, 11) is 1.86. The Morgan fingerprint density at radius 2 is 1.98 bits per heavy atom. The highest BCUT2D eigenvalue weighted by Gasteiger charge is 2.56. The maximum atomic E-state index is 14.6. The number of ether oxygens (including phenoxy) is 1. The summed E-state index contributed by atoms with van der Waals surface area (Å²) in [6.07, 6.45) is 14.3. The van der Waals surface area contributed by atoms with Crippen LogP contribution >= 0.6 is 0 Å². The highest BCUT2D eigenvalue weighted by atomic mass is 19.1. The molecule has 44 heavy (non-hydrogen) atoms. The first kappa shape index (κ1) is 33.8. The SMILES string of the molecule is C/C=C(\CC(F)CO/C=C/C=Nc1cc(C/C=C/N(C)/N=C\CC)ncc1C)NC(=O)C1(C(=O)Nc2ccc(F)cc2)CC1. The number of pyridine rings is 1. The molecule has 234 valence electrons. The molecular weight excluding hydrogens is 566 g/mol. The van der Waals surface area contributed by atoms with E-state index in [0.29, 0.717) is 30.6 Å². The standard InChI is InChI=1S/C33H40F2N6O3/c1-5-16-38-41(4)18-7-9-29-21-30(24(3)22-37-29)36-17-8-19-44-23-26(35)20-27(6-2)39-31(42)33(14-15-33)32(43)40-28-12-10-25(34)11-13-28/h6-8,10-13,16-19,21-22,26H,5,9,14-15,20,23H2,1-4H3,(H,39,42)(H,40,43)/b18-7+,19-8+,27-6+,36-17?,38-16-. The van der Waals surface area contributed by atoms with E-state index in [9.17, 15) is 18.4 Å². The second kappa shape index (κ2) is 16.8. The van der Waals surface area contributed by atoms with Gasteiger partial charge < -0.3 is 15.4 Å². The normalized spacial score (nSPS) is 15.3. The first-order chi connectivity index (χ1) is 21.2. The molecule has 1 fully saturated rings. The quantitative estimate of drug-likeness (QED) is 0.101. The van der Waals surface area contributed by atoms with Crippen LogP contribution in [0.2, 0.25) is 0 Å². The van der Waals surface area contributed by atoms with E-state index in [0.717, 1.165) is 23.4 Å². The van der Waals surface area contributed by atoms with E-state index in [2.05, 4.69) is 25.7 Å². The van der Waals surface area contributed by atoms with Crippen LogP contribution in [0.1, 0.15) is 50.8 Å². The Hall–Kier alpha value is -4.67. The molecule has 1 unspecified atom stereocenters. The molecule has 0 saturated heterocycles. The lowest BCUT2D eigenvalue weighted by Gasteiger charge is -2.18. The third-order valence-corrected chi connectivity index (χ3v) is 6.76. The number of benzene rings is 1. The van der Waals surface area contributed by atoms with Crippen molar-refractivity contribution in [2.45, 2.75) is 59.0 Å². The first-order valence-corrected chi connectivity index (χ1v) is 14.5. The highest BCUT2D eigenvalue weighted by molar-refractivity contribution is 6.13. The Morgan fingerprint density at radius 1 is 1.23 bits per heavy atom. The average Bonchev–Trinajstić information content (AvgIpc) is 3.82. The molecule has 1 aliphatic rings. The lowest BCUT2D eigenvalue weighted by molar-refractivity contribution is -0.133. The zero-order valence-corrected chi connectivity index (χ0v) is 25.6. The summed E-state index contributed by atoms with van der Waals surface area (Å²) in [6.45, 7) is 5.40. The van der Waals surface area contributed by atoms with E-state index in [4.69, 9.17) is 4.74 Å². The second-order valence-corrected chi connectivity index (χ2v) is 10.4. The fourth-order valence-corrected chi connectivity index (χ4v) is 4.02. The second-order valence-electron chi connectivity index (χ2n) is 10.4. The predicted molar refractivity (Wildman–Crippen MR) is 170 cm³/mol. The van der Waals surface area contributed by atoms with E-state index >= 15 is 0 Å². The number of rotatable bonds is 16. The number of allylic oxidation sites excluding steroid dienone is 4. The Bertz CT molecular complexity index is 1420. The fourth-order valence-electron chi connectivity index (χ4n) is 4.02. The summed E-state index contributed by atoms with van der Waals surface area (Å²) in [6, 6.07) is 7.20. The topological polar surface area (TPSA) is 108 Å². The first-order valence-electron chi connectivity index (χ1n) is 14.5. The van der Waals surface area contributed by atoms with Gasteiger partial charge in [-0.3, -0.25) is 24.6 Å². The average molecular weight is 607 g/mol. The molecule has 1 heterocycles. The van der Waals surface area contributed by atoms with Crippen molar-refractivity contribution < 1.29 is 23.1 Å². The molecule has 2 amide bonds. The molecular formula is C33H40F2N6O3. The number of carbonyl (C=O) groups excluding carboxylic acids is 2. The van der Waals surface area contributed by atoms with Crippen LogP contribution in [0.5, 0.6) is 0 Å². The summed E-state index contributed by atoms with van der Waals surface area (Å²) < 4.78 is 33.1. The number of amides is 2. The number of hydrogen-bond acceptors (Lipinski definition) is 7. The van der Waals surface area contributed by atoms with E-state index in [1.165, 1.54) is 30.5 Å². The van der Waals surface area contributed by atoms with Crippen LogP contribution in [0, 0.1) is 18.2 Å². The molecule has 0 bridgehead atoms. The number of hydrazone groups is 1. The van der Waals surface area contributed by atoms with Crippen LogP contribution in [0.3, 0.4) is 0 Å². The summed E-state index contributed by atoms with van der Waals surface area (Å²) in [4.78, 5) is 34.5. The number of aromatic nitrogens is 1. The number of carbonyl (C=O) groups is 2. The lowest BCUT2D eigenvalue weighted by Crippen LogP contribution is -2.40. The zero-order chi connectivity index (χ0) is 32.0. The zero-order valence-electron chi connectivity index (χ0n) is 25.6. The monoisotopic (exact) mass is 606 g/mol. The molecule has 3 rings (SSSR count). The fraction of sp³-hybridized carbons (Fsp3) is 0.364. The van der Waals surface area contributed by atoms with E-state index < -0.39 is 29.2 Å². The van der Waals surface area contributed by atoms with Crippen LogP contribution in [-0.2, 0) is 20.7 Å². The Labute approximate surface area is 257 Å². The molecule has 9 nitrogen and oxygen atoms in total. The number of nitrogens with one attached hydrogen (secondary N) is 2. The molecule has 0 radical (unpaired) electrons. The minimum absolute atomic E-state index is 0.0893. The van der Waals surface area contributed by atoms with Crippen molar-refractivity contribution in [3.8, 4) is 0 Å². The molecule has 1 aromatic heterocycles. The molecule has 1 aliphatic carbocycles. The van der Waals surface area contributed by atoms with Crippen molar-refractivity contribution in [3.63, 3.8) is 0 Å². The third kappa shape index (κ3) is 10.6. The summed E-state index contributed by atoms with van der Waals surface area (Å²) in [5, 5.41) is 11.3. The Kier molecular flexibility index (Phi) is 12.9. The summed E-state index contributed by atoms with van der Waals surface area (Å²) in [5.41, 5.74) is 2.07. The number of anilines is 1. The number of hydrogen-bond donors (Lipinski definition) is 2. The van der Waals surface area contributed by atoms with Gasteiger partial charge in [0.15, 0.2) is 0 Å². The van der Waals surface area contributed by atoms with Crippen molar-refractivity contribution >= 4 is 35.6 Å². The van der Waals surface area contributed by atoms with Gasteiger partial charge in [-0.1, -0.05) is 19.1 Å². The van der Waals surface area contributed by atoms with Gasteiger partial charge in [0, 0.05) is 61.8 Å². The van der Waals surface area contributed by atoms with Crippen molar-refractivity contribution in [2.24, 2.45) is 15.5 Å². The third-order valence-electron chi connectivity index (χ3n) is 6.76. The van der Waals surface area contributed by atoms with Crippen molar-refractivity contribution in [1.29, 1.82) is 0 Å².